The van der Waals surface area contributed by atoms with Crippen molar-refractivity contribution in [3.8, 4) is 0 Å². The second-order valence-electron chi connectivity index (χ2n) is 5.80. The van der Waals surface area contributed by atoms with Crippen LogP contribution in [-0.2, 0) is 21.2 Å². The number of carbonyl (C=O) groups is 1. The smallest absolute Gasteiger partial charge is 0.238 e. The lowest BCUT2D eigenvalue weighted by atomic mass is 10.1. The average molecular weight is 349 g/mol. The Morgan fingerprint density at radius 1 is 1.08 bits per heavy atom. The highest BCUT2D eigenvalue weighted by atomic mass is 32.2. The van der Waals surface area contributed by atoms with Crippen molar-refractivity contribution in [3.63, 3.8) is 0 Å². The number of nitrogens with zero attached hydrogens (tertiary/aromatic N) is 1. The van der Waals surface area contributed by atoms with E-state index in [1.807, 2.05) is 37.3 Å². The van der Waals surface area contributed by atoms with Gasteiger partial charge in [0.05, 0.1) is 6.04 Å². The van der Waals surface area contributed by atoms with Gasteiger partial charge in [-0.05, 0) is 30.2 Å². The molecule has 0 N–H and O–H groups in total. The minimum Gasteiger partial charge on any atom is -0.331 e. The monoisotopic (exact) mass is 349 g/mol. The Morgan fingerprint density at radius 3 is 2.21 bits per heavy atom. The standard InChI is InChI=1S/C18H20FNO3S/c1-14(16-6-4-3-5-7-16)20(18(21)13-24(2,22)23)12-15-8-10-17(19)11-9-15/h3-11,14H,12-13H2,1-2H3. The topological polar surface area (TPSA) is 54.5 Å². The Kier molecular flexibility index (Phi) is 5.72. The van der Waals surface area contributed by atoms with Gasteiger partial charge in [0.2, 0.25) is 5.91 Å². The number of amides is 1. The van der Waals surface area contributed by atoms with E-state index in [2.05, 4.69) is 0 Å². The molecule has 0 saturated carbocycles. The predicted octanol–water partition coefficient (Wildman–Crippen LogP) is 2.96. The summed E-state index contributed by atoms with van der Waals surface area (Å²) in [6.07, 6.45) is 1.04. The molecule has 24 heavy (non-hydrogen) atoms. The SMILES string of the molecule is CC(c1ccccc1)N(Cc1ccc(F)cc1)C(=O)CS(C)(=O)=O. The van der Waals surface area contributed by atoms with Gasteiger partial charge in [0.25, 0.3) is 0 Å². The van der Waals surface area contributed by atoms with Crippen LogP contribution in [0.4, 0.5) is 4.39 Å². The largest absolute Gasteiger partial charge is 0.331 e. The van der Waals surface area contributed by atoms with E-state index in [-0.39, 0.29) is 18.4 Å². The molecule has 0 bridgehead atoms. The molecule has 2 aromatic rings. The zero-order valence-corrected chi connectivity index (χ0v) is 14.5. The third kappa shape index (κ3) is 5.16. The van der Waals surface area contributed by atoms with E-state index >= 15 is 0 Å². The highest BCUT2D eigenvalue weighted by Crippen LogP contribution is 2.23. The minimum absolute atomic E-state index is 0.213. The molecular weight excluding hydrogens is 329 g/mol. The molecule has 2 rings (SSSR count). The van der Waals surface area contributed by atoms with Crippen LogP contribution >= 0.6 is 0 Å². The van der Waals surface area contributed by atoms with Gasteiger partial charge in [-0.15, -0.1) is 0 Å². The van der Waals surface area contributed by atoms with Crippen molar-refractivity contribution < 1.29 is 17.6 Å². The second-order valence-corrected chi connectivity index (χ2v) is 7.95. The van der Waals surface area contributed by atoms with E-state index in [0.717, 1.165) is 17.4 Å². The summed E-state index contributed by atoms with van der Waals surface area (Å²) in [7, 11) is -3.43. The summed E-state index contributed by atoms with van der Waals surface area (Å²) >= 11 is 0. The lowest BCUT2D eigenvalue weighted by molar-refractivity contribution is -0.131. The van der Waals surface area contributed by atoms with Crippen molar-refractivity contribution in [3.05, 3.63) is 71.5 Å². The fraction of sp³-hybridized carbons (Fsp3) is 0.278. The predicted molar refractivity (Wildman–Crippen MR) is 91.5 cm³/mol. The van der Waals surface area contributed by atoms with Gasteiger partial charge in [0, 0.05) is 12.8 Å². The molecule has 0 saturated heterocycles. The summed E-state index contributed by atoms with van der Waals surface area (Å²) in [6.45, 7) is 2.06. The molecule has 0 aliphatic rings. The van der Waals surface area contributed by atoms with Crippen molar-refractivity contribution in [1.29, 1.82) is 0 Å². The van der Waals surface area contributed by atoms with Crippen LogP contribution in [0.1, 0.15) is 24.1 Å². The zero-order chi connectivity index (χ0) is 17.7. The van der Waals surface area contributed by atoms with Crippen LogP contribution in [0.3, 0.4) is 0 Å². The van der Waals surface area contributed by atoms with Gasteiger partial charge < -0.3 is 4.90 Å². The van der Waals surface area contributed by atoms with E-state index in [4.69, 9.17) is 0 Å². The van der Waals surface area contributed by atoms with Gasteiger partial charge in [0.15, 0.2) is 9.84 Å². The molecule has 4 nitrogen and oxygen atoms in total. The lowest BCUT2D eigenvalue weighted by Crippen LogP contribution is -2.37. The number of hydrogen-bond donors (Lipinski definition) is 0. The Balaban J connectivity index is 2.29. The first-order chi connectivity index (χ1) is 11.3. The van der Waals surface area contributed by atoms with Crippen LogP contribution in [0.2, 0.25) is 0 Å². The maximum absolute atomic E-state index is 13.1. The summed E-state index contributed by atoms with van der Waals surface area (Å²) in [6, 6.07) is 14.9. The van der Waals surface area contributed by atoms with Crippen molar-refractivity contribution in [2.75, 3.05) is 12.0 Å². The fourth-order valence-electron chi connectivity index (χ4n) is 2.45. The molecule has 6 heteroatoms. The number of carbonyl (C=O) groups excluding carboxylic acids is 1. The first-order valence-electron chi connectivity index (χ1n) is 7.53. The number of sulfone groups is 1. The molecular formula is C18H20FNO3S. The quantitative estimate of drug-likeness (QED) is 0.806. The lowest BCUT2D eigenvalue weighted by Gasteiger charge is -2.29. The van der Waals surface area contributed by atoms with E-state index < -0.39 is 21.5 Å². The molecule has 0 fully saturated rings. The second kappa shape index (κ2) is 7.57. The molecule has 2 aromatic carbocycles. The molecule has 0 radical (unpaired) electrons. The zero-order valence-electron chi connectivity index (χ0n) is 13.6. The van der Waals surface area contributed by atoms with Gasteiger partial charge in [-0.3, -0.25) is 4.79 Å². The molecule has 1 unspecified atom stereocenters. The van der Waals surface area contributed by atoms with Crippen molar-refractivity contribution in [2.24, 2.45) is 0 Å². The third-order valence-corrected chi connectivity index (χ3v) is 4.49. The normalized spacial score (nSPS) is 12.6. The third-order valence-electron chi connectivity index (χ3n) is 3.72. The fourth-order valence-corrected chi connectivity index (χ4v) is 3.06. The van der Waals surface area contributed by atoms with Crippen molar-refractivity contribution in [2.45, 2.75) is 19.5 Å². The Bertz CT molecular complexity index is 789. The summed E-state index contributed by atoms with van der Waals surface area (Å²) < 4.78 is 36.1. The van der Waals surface area contributed by atoms with Crippen LogP contribution < -0.4 is 0 Å². The van der Waals surface area contributed by atoms with Crippen LogP contribution in [-0.4, -0.2) is 31.2 Å². The van der Waals surface area contributed by atoms with Crippen molar-refractivity contribution >= 4 is 15.7 Å². The van der Waals surface area contributed by atoms with Crippen LogP contribution in [0, 0.1) is 5.82 Å². The van der Waals surface area contributed by atoms with E-state index in [0.29, 0.717) is 0 Å². The molecule has 0 spiro atoms. The highest BCUT2D eigenvalue weighted by Gasteiger charge is 2.24. The Hall–Kier alpha value is -2.21. The molecule has 128 valence electrons. The molecule has 0 aromatic heterocycles. The van der Waals surface area contributed by atoms with Gasteiger partial charge in [-0.25, -0.2) is 12.8 Å². The van der Waals surface area contributed by atoms with E-state index in [9.17, 15) is 17.6 Å². The Labute approximate surface area is 141 Å². The van der Waals surface area contributed by atoms with E-state index in [1.54, 1.807) is 12.1 Å². The molecule has 1 atom stereocenters. The van der Waals surface area contributed by atoms with E-state index in [1.165, 1.54) is 17.0 Å². The number of rotatable bonds is 6. The molecule has 0 aliphatic heterocycles. The Morgan fingerprint density at radius 2 is 1.67 bits per heavy atom. The summed E-state index contributed by atoms with van der Waals surface area (Å²) in [5, 5.41) is 0. The summed E-state index contributed by atoms with van der Waals surface area (Å²) in [5.74, 6) is -1.38. The summed E-state index contributed by atoms with van der Waals surface area (Å²) in [5.41, 5.74) is 1.64. The van der Waals surface area contributed by atoms with Gasteiger partial charge in [-0.1, -0.05) is 42.5 Å². The van der Waals surface area contributed by atoms with Gasteiger partial charge in [0.1, 0.15) is 11.6 Å². The highest BCUT2D eigenvalue weighted by molar-refractivity contribution is 7.91. The summed E-state index contributed by atoms with van der Waals surface area (Å²) in [4.78, 5) is 14.0. The van der Waals surface area contributed by atoms with Crippen LogP contribution in [0.5, 0.6) is 0 Å². The molecule has 0 heterocycles. The average Bonchev–Trinajstić information content (AvgIpc) is 2.53. The maximum atomic E-state index is 13.1. The number of hydrogen-bond acceptors (Lipinski definition) is 3. The van der Waals surface area contributed by atoms with Gasteiger partial charge in [-0.2, -0.15) is 0 Å². The minimum atomic E-state index is -3.43. The molecule has 1 amide bonds. The first kappa shape index (κ1) is 18.1. The van der Waals surface area contributed by atoms with Crippen molar-refractivity contribution in [1.82, 2.24) is 4.90 Å². The number of benzene rings is 2. The van der Waals surface area contributed by atoms with Crippen LogP contribution in [0.25, 0.3) is 0 Å². The first-order valence-corrected chi connectivity index (χ1v) is 9.59. The van der Waals surface area contributed by atoms with Crippen LogP contribution in [0.15, 0.2) is 54.6 Å². The molecule has 0 aliphatic carbocycles. The van der Waals surface area contributed by atoms with Gasteiger partial charge >= 0.3 is 0 Å². The number of halogens is 1. The maximum Gasteiger partial charge on any atom is 0.238 e.